The first kappa shape index (κ1) is 29.6. The fourth-order valence-corrected chi connectivity index (χ4v) is 5.19. The number of nitrogens with zero attached hydrogens (tertiary/aromatic N) is 3. The number of ether oxygens (including phenoxy) is 1. The van der Waals surface area contributed by atoms with E-state index in [0.717, 1.165) is 35.7 Å². The molecule has 0 bridgehead atoms. The van der Waals surface area contributed by atoms with E-state index in [-0.39, 0.29) is 11.3 Å². The SMILES string of the molecule is Cc1noc(C)c1CN1CC2(COCCN(Cc3ccc(S(C)(=O)=O)cc3)C2)CC1=O.O=C(O)C(F)(F)F. The van der Waals surface area contributed by atoms with Gasteiger partial charge in [-0.3, -0.25) is 9.69 Å². The molecule has 210 valence electrons. The molecule has 1 amide bonds. The number of amides is 1. The van der Waals surface area contributed by atoms with Crippen LogP contribution in [0, 0.1) is 19.3 Å². The van der Waals surface area contributed by atoms with Crippen molar-refractivity contribution in [3.05, 3.63) is 46.8 Å². The molecule has 14 heteroatoms. The summed E-state index contributed by atoms with van der Waals surface area (Å²) in [5.41, 5.74) is 2.59. The van der Waals surface area contributed by atoms with Crippen molar-refractivity contribution in [1.29, 1.82) is 0 Å². The van der Waals surface area contributed by atoms with Gasteiger partial charge in [-0.15, -0.1) is 0 Å². The van der Waals surface area contributed by atoms with Crippen LogP contribution in [-0.4, -0.2) is 85.6 Å². The van der Waals surface area contributed by atoms with Gasteiger partial charge in [-0.1, -0.05) is 17.3 Å². The van der Waals surface area contributed by atoms with Crippen LogP contribution in [0.25, 0.3) is 0 Å². The second-order valence-electron chi connectivity index (χ2n) is 9.71. The van der Waals surface area contributed by atoms with Crippen LogP contribution in [0.3, 0.4) is 0 Å². The van der Waals surface area contributed by atoms with Gasteiger partial charge in [-0.05, 0) is 31.5 Å². The van der Waals surface area contributed by atoms with Gasteiger partial charge in [0.15, 0.2) is 9.84 Å². The second-order valence-corrected chi connectivity index (χ2v) is 11.7. The predicted octanol–water partition coefficient (Wildman–Crippen LogP) is 2.58. The number of sulfone groups is 1. The van der Waals surface area contributed by atoms with Gasteiger partial charge in [0.1, 0.15) is 5.76 Å². The molecule has 1 aromatic carbocycles. The van der Waals surface area contributed by atoms with Gasteiger partial charge < -0.3 is 19.3 Å². The molecule has 0 saturated carbocycles. The maximum atomic E-state index is 12.8. The van der Waals surface area contributed by atoms with Gasteiger partial charge in [0.05, 0.1) is 30.3 Å². The summed E-state index contributed by atoms with van der Waals surface area (Å²) in [4.78, 5) is 26.3. The van der Waals surface area contributed by atoms with Crippen molar-refractivity contribution in [2.45, 2.75) is 44.4 Å². The summed E-state index contributed by atoms with van der Waals surface area (Å²) in [6.07, 6.45) is -3.41. The first-order valence-electron chi connectivity index (χ1n) is 11.7. The Morgan fingerprint density at radius 3 is 2.32 bits per heavy atom. The van der Waals surface area contributed by atoms with Gasteiger partial charge in [0.2, 0.25) is 5.91 Å². The first-order valence-corrected chi connectivity index (χ1v) is 13.6. The van der Waals surface area contributed by atoms with Crippen LogP contribution in [0.2, 0.25) is 0 Å². The lowest BCUT2D eigenvalue weighted by atomic mass is 9.87. The zero-order chi connectivity index (χ0) is 28.3. The average molecular weight is 562 g/mol. The lowest BCUT2D eigenvalue weighted by Gasteiger charge is -2.31. The Labute approximate surface area is 218 Å². The monoisotopic (exact) mass is 561 g/mol. The third-order valence-corrected chi connectivity index (χ3v) is 7.58. The molecule has 0 radical (unpaired) electrons. The van der Waals surface area contributed by atoms with E-state index >= 15 is 0 Å². The summed E-state index contributed by atoms with van der Waals surface area (Å²) in [5, 5.41) is 11.1. The van der Waals surface area contributed by atoms with E-state index < -0.39 is 22.0 Å². The summed E-state index contributed by atoms with van der Waals surface area (Å²) >= 11 is 0. The van der Waals surface area contributed by atoms with Gasteiger partial charge in [-0.25, -0.2) is 13.2 Å². The molecule has 1 atom stereocenters. The van der Waals surface area contributed by atoms with E-state index in [4.69, 9.17) is 19.2 Å². The van der Waals surface area contributed by atoms with Crippen molar-refractivity contribution in [2.24, 2.45) is 5.41 Å². The van der Waals surface area contributed by atoms with Gasteiger partial charge >= 0.3 is 12.1 Å². The van der Waals surface area contributed by atoms with Crippen molar-refractivity contribution < 1.29 is 45.5 Å². The summed E-state index contributed by atoms with van der Waals surface area (Å²) in [5.74, 6) is -1.88. The van der Waals surface area contributed by atoms with E-state index in [0.29, 0.717) is 44.2 Å². The molecule has 0 aliphatic carbocycles. The van der Waals surface area contributed by atoms with E-state index in [9.17, 15) is 26.4 Å². The Morgan fingerprint density at radius 2 is 1.79 bits per heavy atom. The third-order valence-electron chi connectivity index (χ3n) is 6.45. The third kappa shape index (κ3) is 7.54. The first-order chi connectivity index (χ1) is 17.6. The zero-order valence-electron chi connectivity index (χ0n) is 21.2. The Morgan fingerprint density at radius 1 is 1.16 bits per heavy atom. The summed E-state index contributed by atoms with van der Waals surface area (Å²) in [7, 11) is -3.20. The molecule has 38 heavy (non-hydrogen) atoms. The Hall–Kier alpha value is -2.97. The standard InChI is InChI=1S/C22H29N3O5S.C2HF3O2/c1-16-20(17(2)30-23-16)12-25-14-22(10-21(25)26)13-24(8-9-29-15-22)11-18-4-6-19(7-5-18)31(3,27)28;3-2(4,5)1(6)7/h4-7H,8-15H2,1-3H3;(H,6,7). The minimum Gasteiger partial charge on any atom is -0.475 e. The molecule has 10 nitrogen and oxygen atoms in total. The topological polar surface area (TPSA) is 130 Å². The minimum absolute atomic E-state index is 0.128. The van der Waals surface area contributed by atoms with Gasteiger partial charge in [0.25, 0.3) is 0 Å². The maximum Gasteiger partial charge on any atom is 0.490 e. The molecule has 2 fully saturated rings. The number of hydrogen-bond donors (Lipinski definition) is 1. The van der Waals surface area contributed by atoms with Crippen LogP contribution in [0.5, 0.6) is 0 Å². The van der Waals surface area contributed by atoms with Crippen molar-refractivity contribution in [3.8, 4) is 0 Å². The fraction of sp³-hybridized carbons (Fsp3) is 0.542. The molecule has 1 aromatic heterocycles. The number of aryl methyl sites for hydroxylation is 2. The predicted molar refractivity (Wildman–Crippen MR) is 128 cm³/mol. The highest BCUT2D eigenvalue weighted by Gasteiger charge is 2.45. The smallest absolute Gasteiger partial charge is 0.475 e. The number of carboxylic acid groups (broad SMARTS) is 1. The van der Waals surface area contributed by atoms with E-state index in [1.807, 2.05) is 30.9 Å². The molecule has 1 N–H and O–H groups in total. The van der Waals surface area contributed by atoms with E-state index in [1.165, 1.54) is 6.26 Å². The highest BCUT2D eigenvalue weighted by atomic mass is 32.2. The molecule has 2 aromatic rings. The molecule has 2 saturated heterocycles. The molecule has 2 aliphatic rings. The number of hydrogen-bond acceptors (Lipinski definition) is 8. The molecule has 4 rings (SSSR count). The largest absolute Gasteiger partial charge is 0.490 e. The molecule has 3 heterocycles. The van der Waals surface area contributed by atoms with Crippen LogP contribution in [0.1, 0.15) is 29.0 Å². The van der Waals surface area contributed by atoms with Crippen LogP contribution in [-0.2, 0) is 37.3 Å². The molecule has 1 spiro atoms. The van der Waals surface area contributed by atoms with E-state index in [2.05, 4.69) is 10.1 Å². The van der Waals surface area contributed by atoms with Crippen molar-refractivity contribution >= 4 is 21.7 Å². The molecular formula is C24H30F3N3O7S. The minimum atomic E-state index is -5.08. The molecule has 2 aliphatic heterocycles. The quantitative estimate of drug-likeness (QED) is 0.585. The number of benzene rings is 1. The Kier molecular flexibility index (Phi) is 8.89. The number of aromatic nitrogens is 1. The molecular weight excluding hydrogens is 531 g/mol. The number of alkyl halides is 3. The number of likely N-dealkylation sites (tertiary alicyclic amines) is 1. The fourth-order valence-electron chi connectivity index (χ4n) is 4.56. The summed E-state index contributed by atoms with van der Waals surface area (Å²) in [6.45, 7) is 8.30. The Balaban J connectivity index is 0.000000505. The maximum absolute atomic E-state index is 12.8. The second kappa shape index (κ2) is 11.4. The van der Waals surface area contributed by atoms with Gasteiger partial charge in [-0.2, -0.15) is 13.2 Å². The number of carbonyl (C=O) groups is 2. The average Bonchev–Trinajstić information content (AvgIpc) is 3.20. The zero-order valence-corrected chi connectivity index (χ0v) is 22.1. The molecule has 1 unspecified atom stereocenters. The van der Waals surface area contributed by atoms with Crippen molar-refractivity contribution in [1.82, 2.24) is 15.0 Å². The lowest BCUT2D eigenvalue weighted by molar-refractivity contribution is -0.192. The Bertz CT molecular complexity index is 1240. The van der Waals surface area contributed by atoms with E-state index in [1.54, 1.807) is 12.1 Å². The van der Waals surface area contributed by atoms with Crippen molar-refractivity contribution in [2.75, 3.05) is 39.1 Å². The van der Waals surface area contributed by atoms with Crippen LogP contribution < -0.4 is 0 Å². The normalized spacial score (nSPS) is 20.8. The van der Waals surface area contributed by atoms with Crippen molar-refractivity contribution in [3.63, 3.8) is 0 Å². The number of rotatable bonds is 5. The number of carboxylic acids is 1. The van der Waals surface area contributed by atoms with Gasteiger partial charge in [0, 0.05) is 49.8 Å². The lowest BCUT2D eigenvalue weighted by Crippen LogP contribution is -2.40. The highest BCUT2D eigenvalue weighted by Crippen LogP contribution is 2.36. The summed E-state index contributed by atoms with van der Waals surface area (Å²) in [6, 6.07) is 7.02. The van der Waals surface area contributed by atoms with Crippen LogP contribution >= 0.6 is 0 Å². The summed E-state index contributed by atoms with van der Waals surface area (Å²) < 4.78 is 66.3. The number of halogens is 3. The number of aliphatic carboxylic acids is 1. The highest BCUT2D eigenvalue weighted by molar-refractivity contribution is 7.90. The van der Waals surface area contributed by atoms with Crippen LogP contribution in [0.15, 0.2) is 33.7 Å². The number of carbonyl (C=O) groups excluding carboxylic acids is 1. The van der Waals surface area contributed by atoms with Crippen LogP contribution in [0.4, 0.5) is 13.2 Å².